The van der Waals surface area contributed by atoms with Crippen LogP contribution in [0.5, 0.6) is 0 Å². The van der Waals surface area contributed by atoms with Gasteiger partial charge in [-0.05, 0) is 54.3 Å². The third-order valence-electron chi connectivity index (χ3n) is 6.14. The number of rotatable bonds is 2. The SMILES string of the molecule is O=C(Nc1ccc(C(=O)N2CC3(CCCOC3)C2)cc1)N1Cc2ccncc2C1. The predicted molar refractivity (Wildman–Crippen MR) is 107 cm³/mol. The molecule has 150 valence electrons. The number of nitrogens with zero attached hydrogens (tertiary/aromatic N) is 3. The minimum absolute atomic E-state index is 0.0431. The van der Waals surface area contributed by atoms with Gasteiger partial charge in [0.15, 0.2) is 0 Å². The zero-order valence-electron chi connectivity index (χ0n) is 16.3. The number of urea groups is 1. The molecule has 0 atom stereocenters. The lowest BCUT2D eigenvalue weighted by Crippen LogP contribution is -2.61. The third-order valence-corrected chi connectivity index (χ3v) is 6.14. The monoisotopic (exact) mass is 392 g/mol. The van der Waals surface area contributed by atoms with Gasteiger partial charge in [0.05, 0.1) is 6.61 Å². The van der Waals surface area contributed by atoms with Crippen LogP contribution in [0.4, 0.5) is 10.5 Å². The highest BCUT2D eigenvalue weighted by Gasteiger charge is 2.46. The number of benzene rings is 1. The average Bonchev–Trinajstić information content (AvgIpc) is 3.17. The van der Waals surface area contributed by atoms with E-state index in [1.165, 1.54) is 0 Å². The van der Waals surface area contributed by atoms with Crippen LogP contribution < -0.4 is 5.32 Å². The summed E-state index contributed by atoms with van der Waals surface area (Å²) in [5, 5.41) is 2.91. The molecule has 29 heavy (non-hydrogen) atoms. The van der Waals surface area contributed by atoms with E-state index >= 15 is 0 Å². The Kier molecular flexibility index (Phi) is 4.47. The Balaban J connectivity index is 1.17. The molecule has 2 saturated heterocycles. The van der Waals surface area contributed by atoms with E-state index in [4.69, 9.17) is 4.74 Å². The van der Waals surface area contributed by atoms with Gasteiger partial charge in [-0.25, -0.2) is 4.79 Å². The molecule has 0 aliphatic carbocycles. The Morgan fingerprint density at radius 1 is 1.03 bits per heavy atom. The molecule has 2 aromatic rings. The lowest BCUT2D eigenvalue weighted by atomic mass is 9.75. The van der Waals surface area contributed by atoms with Crippen molar-refractivity contribution >= 4 is 17.6 Å². The van der Waals surface area contributed by atoms with E-state index in [0.717, 1.165) is 50.3 Å². The van der Waals surface area contributed by atoms with E-state index in [1.807, 2.05) is 17.2 Å². The summed E-state index contributed by atoms with van der Waals surface area (Å²) in [6.07, 6.45) is 5.77. The molecular weight excluding hydrogens is 368 g/mol. The first-order valence-corrected chi connectivity index (χ1v) is 10.1. The number of carbonyl (C=O) groups is 2. The van der Waals surface area contributed by atoms with Gasteiger partial charge in [0.25, 0.3) is 5.91 Å². The van der Waals surface area contributed by atoms with Crippen LogP contribution in [0, 0.1) is 5.41 Å². The third kappa shape index (κ3) is 3.46. The lowest BCUT2D eigenvalue weighted by molar-refractivity contribution is -0.0863. The number of fused-ring (bicyclic) bond motifs is 1. The molecule has 2 fully saturated rings. The Hall–Kier alpha value is -2.93. The van der Waals surface area contributed by atoms with E-state index in [0.29, 0.717) is 24.3 Å². The summed E-state index contributed by atoms with van der Waals surface area (Å²) in [6.45, 7) is 4.29. The number of hydrogen-bond acceptors (Lipinski definition) is 4. The maximum atomic E-state index is 12.7. The molecule has 1 aromatic heterocycles. The van der Waals surface area contributed by atoms with Crippen molar-refractivity contribution in [2.24, 2.45) is 5.41 Å². The van der Waals surface area contributed by atoms with E-state index in [1.54, 1.807) is 35.4 Å². The fourth-order valence-corrected chi connectivity index (χ4v) is 4.51. The van der Waals surface area contributed by atoms with Gasteiger partial charge in [-0.2, -0.15) is 0 Å². The quantitative estimate of drug-likeness (QED) is 0.853. The number of ether oxygens (including phenoxy) is 1. The summed E-state index contributed by atoms with van der Waals surface area (Å²) in [4.78, 5) is 33.0. The molecule has 5 rings (SSSR count). The second kappa shape index (κ2) is 7.15. The second-order valence-electron chi connectivity index (χ2n) is 8.33. The second-order valence-corrected chi connectivity index (χ2v) is 8.33. The zero-order valence-corrected chi connectivity index (χ0v) is 16.3. The van der Waals surface area contributed by atoms with Crippen molar-refractivity contribution in [1.29, 1.82) is 0 Å². The number of aromatic nitrogens is 1. The number of carbonyl (C=O) groups excluding carboxylic acids is 2. The van der Waals surface area contributed by atoms with Crippen LogP contribution in [-0.2, 0) is 17.8 Å². The van der Waals surface area contributed by atoms with Crippen LogP contribution in [0.15, 0.2) is 42.7 Å². The zero-order chi connectivity index (χ0) is 19.8. The molecule has 1 spiro atoms. The molecule has 3 aliphatic rings. The molecule has 7 heteroatoms. The minimum atomic E-state index is -0.151. The Bertz CT molecular complexity index is 904. The fourth-order valence-electron chi connectivity index (χ4n) is 4.51. The normalized spacial score (nSPS) is 19.6. The van der Waals surface area contributed by atoms with Crippen molar-refractivity contribution in [3.63, 3.8) is 0 Å². The maximum absolute atomic E-state index is 12.7. The minimum Gasteiger partial charge on any atom is -0.381 e. The van der Waals surface area contributed by atoms with Crippen molar-refractivity contribution in [2.75, 3.05) is 31.6 Å². The Labute approximate surface area is 169 Å². The molecule has 1 N–H and O–H groups in total. The average molecular weight is 392 g/mol. The highest BCUT2D eigenvalue weighted by molar-refractivity contribution is 5.96. The number of pyridine rings is 1. The highest BCUT2D eigenvalue weighted by atomic mass is 16.5. The van der Waals surface area contributed by atoms with Crippen molar-refractivity contribution in [2.45, 2.75) is 25.9 Å². The summed E-state index contributed by atoms with van der Waals surface area (Å²) in [7, 11) is 0. The number of nitrogens with one attached hydrogen (secondary N) is 1. The van der Waals surface area contributed by atoms with E-state index in [-0.39, 0.29) is 17.4 Å². The predicted octanol–water partition coefficient (Wildman–Crippen LogP) is 2.88. The van der Waals surface area contributed by atoms with E-state index in [2.05, 4.69) is 10.3 Å². The van der Waals surface area contributed by atoms with Gasteiger partial charge in [-0.1, -0.05) is 0 Å². The maximum Gasteiger partial charge on any atom is 0.322 e. The first-order chi connectivity index (χ1) is 14.1. The Morgan fingerprint density at radius 3 is 2.55 bits per heavy atom. The molecule has 0 bridgehead atoms. The topological polar surface area (TPSA) is 74.8 Å². The van der Waals surface area contributed by atoms with Gasteiger partial charge in [0.2, 0.25) is 0 Å². The van der Waals surface area contributed by atoms with Crippen LogP contribution in [0.3, 0.4) is 0 Å². The molecule has 3 amide bonds. The number of hydrogen-bond donors (Lipinski definition) is 1. The van der Waals surface area contributed by atoms with Crippen molar-refractivity contribution < 1.29 is 14.3 Å². The smallest absolute Gasteiger partial charge is 0.322 e. The van der Waals surface area contributed by atoms with E-state index < -0.39 is 0 Å². The van der Waals surface area contributed by atoms with Gasteiger partial charge in [0, 0.05) is 61.8 Å². The first-order valence-electron chi connectivity index (χ1n) is 10.1. The molecule has 0 radical (unpaired) electrons. The number of anilines is 1. The number of amides is 3. The van der Waals surface area contributed by atoms with Gasteiger partial charge in [-0.3, -0.25) is 9.78 Å². The standard InChI is InChI=1S/C22H24N4O3/c27-20(26-13-22(14-26)7-1-9-29-15-22)16-2-4-19(5-3-16)24-21(28)25-11-17-6-8-23-10-18(17)12-25/h2-6,8,10H,1,7,9,11-15H2,(H,24,28). The molecule has 1 aromatic carbocycles. The summed E-state index contributed by atoms with van der Waals surface area (Å²) in [6, 6.07) is 8.93. The number of likely N-dealkylation sites (tertiary alicyclic amines) is 1. The highest BCUT2D eigenvalue weighted by Crippen LogP contribution is 2.38. The van der Waals surface area contributed by atoms with Gasteiger partial charge >= 0.3 is 6.03 Å². The van der Waals surface area contributed by atoms with Gasteiger partial charge < -0.3 is 19.9 Å². The Morgan fingerprint density at radius 2 is 1.83 bits per heavy atom. The largest absolute Gasteiger partial charge is 0.381 e. The summed E-state index contributed by atoms with van der Waals surface area (Å²) < 4.78 is 5.59. The molecule has 7 nitrogen and oxygen atoms in total. The van der Waals surface area contributed by atoms with Gasteiger partial charge in [0.1, 0.15) is 0 Å². The van der Waals surface area contributed by atoms with Crippen LogP contribution in [0.2, 0.25) is 0 Å². The van der Waals surface area contributed by atoms with Crippen molar-refractivity contribution in [3.05, 3.63) is 59.4 Å². The van der Waals surface area contributed by atoms with Gasteiger partial charge in [-0.15, -0.1) is 0 Å². The molecule has 4 heterocycles. The summed E-state index contributed by atoms with van der Waals surface area (Å²) in [5.74, 6) is 0.0431. The molecule has 0 unspecified atom stereocenters. The first kappa shape index (κ1) is 18.1. The van der Waals surface area contributed by atoms with Crippen LogP contribution in [-0.4, -0.2) is 53.0 Å². The van der Waals surface area contributed by atoms with Crippen molar-refractivity contribution in [3.8, 4) is 0 Å². The van der Waals surface area contributed by atoms with Crippen molar-refractivity contribution in [1.82, 2.24) is 14.8 Å². The van der Waals surface area contributed by atoms with Crippen LogP contribution >= 0.6 is 0 Å². The summed E-state index contributed by atoms with van der Waals surface area (Å²) >= 11 is 0. The van der Waals surface area contributed by atoms with Crippen LogP contribution in [0.1, 0.15) is 34.3 Å². The lowest BCUT2D eigenvalue weighted by Gasteiger charge is -2.51. The molecule has 3 aliphatic heterocycles. The van der Waals surface area contributed by atoms with Crippen LogP contribution in [0.25, 0.3) is 0 Å². The molecular formula is C22H24N4O3. The summed E-state index contributed by atoms with van der Waals surface area (Å²) in [5.41, 5.74) is 3.71. The molecule has 0 saturated carbocycles. The fraction of sp³-hybridized carbons (Fsp3) is 0.409. The van der Waals surface area contributed by atoms with E-state index in [9.17, 15) is 9.59 Å².